The Hall–Kier alpha value is -2.99. The monoisotopic (exact) mass is 404 g/mol. The SMILES string of the molecule is CN1CCCN(C(=O)CCc2nnc(Cc3ccc(-c4ccccc4)cc3)o2)CC1. The number of nitrogens with zero attached hydrogens (tertiary/aromatic N) is 4. The molecule has 0 atom stereocenters. The molecule has 2 heterocycles. The van der Waals surface area contributed by atoms with Gasteiger partial charge in [0.2, 0.25) is 17.7 Å². The van der Waals surface area contributed by atoms with Gasteiger partial charge in [-0.2, -0.15) is 0 Å². The molecular weight excluding hydrogens is 376 g/mol. The first-order valence-electron chi connectivity index (χ1n) is 10.6. The van der Waals surface area contributed by atoms with Crippen LogP contribution in [0.15, 0.2) is 59.0 Å². The standard InChI is InChI=1S/C24H28N4O2/c1-27-14-5-15-28(17-16-27)24(29)13-12-22-25-26-23(30-22)18-19-8-10-21(11-9-19)20-6-3-2-4-7-20/h2-4,6-11H,5,12-18H2,1H3. The highest BCUT2D eigenvalue weighted by molar-refractivity contribution is 5.76. The molecule has 1 fully saturated rings. The van der Waals surface area contributed by atoms with Gasteiger partial charge in [-0.1, -0.05) is 54.6 Å². The van der Waals surface area contributed by atoms with Crippen molar-refractivity contribution >= 4 is 5.91 Å². The molecule has 1 amide bonds. The second-order valence-corrected chi connectivity index (χ2v) is 7.87. The summed E-state index contributed by atoms with van der Waals surface area (Å²) in [5.41, 5.74) is 3.50. The van der Waals surface area contributed by atoms with Crippen molar-refractivity contribution in [2.45, 2.75) is 25.7 Å². The fourth-order valence-corrected chi connectivity index (χ4v) is 3.75. The van der Waals surface area contributed by atoms with Crippen LogP contribution in [0.3, 0.4) is 0 Å². The summed E-state index contributed by atoms with van der Waals surface area (Å²) in [6.45, 7) is 3.60. The van der Waals surface area contributed by atoms with E-state index in [2.05, 4.69) is 58.5 Å². The number of aryl methyl sites for hydroxylation is 1. The molecule has 4 rings (SSSR count). The summed E-state index contributed by atoms with van der Waals surface area (Å²) in [6, 6.07) is 18.7. The summed E-state index contributed by atoms with van der Waals surface area (Å²) in [6.07, 6.45) is 2.52. The van der Waals surface area contributed by atoms with E-state index in [-0.39, 0.29) is 5.91 Å². The van der Waals surface area contributed by atoms with Crippen LogP contribution in [0.5, 0.6) is 0 Å². The summed E-state index contributed by atoms with van der Waals surface area (Å²) in [5, 5.41) is 8.29. The first-order chi connectivity index (χ1) is 14.7. The van der Waals surface area contributed by atoms with E-state index in [1.54, 1.807) is 0 Å². The van der Waals surface area contributed by atoms with Gasteiger partial charge in [-0.25, -0.2) is 0 Å². The number of aromatic nitrogens is 2. The molecule has 6 heteroatoms. The number of amides is 1. The summed E-state index contributed by atoms with van der Waals surface area (Å²) in [7, 11) is 2.10. The summed E-state index contributed by atoms with van der Waals surface area (Å²) in [5.74, 6) is 1.29. The molecule has 6 nitrogen and oxygen atoms in total. The van der Waals surface area contributed by atoms with Crippen molar-refractivity contribution < 1.29 is 9.21 Å². The maximum absolute atomic E-state index is 12.5. The molecule has 0 aliphatic carbocycles. The molecule has 3 aromatic rings. The Labute approximate surface area is 177 Å². The number of carbonyl (C=O) groups is 1. The Morgan fingerprint density at radius 3 is 2.43 bits per heavy atom. The first-order valence-corrected chi connectivity index (χ1v) is 10.6. The van der Waals surface area contributed by atoms with Crippen molar-refractivity contribution in [3.63, 3.8) is 0 Å². The van der Waals surface area contributed by atoms with E-state index in [0.717, 1.165) is 38.2 Å². The molecule has 0 N–H and O–H groups in total. The van der Waals surface area contributed by atoms with Crippen LogP contribution in [0.2, 0.25) is 0 Å². The van der Waals surface area contributed by atoms with E-state index in [0.29, 0.717) is 31.0 Å². The molecule has 0 radical (unpaired) electrons. The summed E-state index contributed by atoms with van der Waals surface area (Å²) < 4.78 is 5.78. The Balaban J connectivity index is 1.29. The minimum atomic E-state index is 0.168. The molecular formula is C24H28N4O2. The zero-order chi connectivity index (χ0) is 20.8. The van der Waals surface area contributed by atoms with E-state index in [9.17, 15) is 4.79 Å². The van der Waals surface area contributed by atoms with E-state index in [1.165, 1.54) is 11.1 Å². The van der Waals surface area contributed by atoms with Crippen LogP contribution in [-0.4, -0.2) is 59.1 Å². The number of rotatable bonds is 6. The normalized spacial score (nSPS) is 15.2. The van der Waals surface area contributed by atoms with Crippen LogP contribution in [0.1, 0.15) is 30.2 Å². The first kappa shape index (κ1) is 20.3. The Bertz CT molecular complexity index is 953. The Kier molecular flexibility index (Phi) is 6.54. The molecule has 30 heavy (non-hydrogen) atoms. The van der Waals surface area contributed by atoms with Crippen LogP contribution in [-0.2, 0) is 17.6 Å². The van der Waals surface area contributed by atoms with Crippen molar-refractivity contribution in [2.24, 2.45) is 0 Å². The van der Waals surface area contributed by atoms with Crippen LogP contribution >= 0.6 is 0 Å². The molecule has 1 saturated heterocycles. The molecule has 1 aliphatic heterocycles. The van der Waals surface area contributed by atoms with Crippen LogP contribution < -0.4 is 0 Å². The summed E-state index contributed by atoms with van der Waals surface area (Å²) in [4.78, 5) is 16.7. The number of hydrogen-bond donors (Lipinski definition) is 0. The molecule has 0 unspecified atom stereocenters. The molecule has 0 spiro atoms. The van der Waals surface area contributed by atoms with E-state index >= 15 is 0 Å². The van der Waals surface area contributed by atoms with Gasteiger partial charge in [0.25, 0.3) is 0 Å². The molecule has 156 valence electrons. The molecule has 0 bridgehead atoms. The van der Waals surface area contributed by atoms with E-state index in [4.69, 9.17) is 4.42 Å². The Morgan fingerprint density at radius 1 is 0.900 bits per heavy atom. The molecule has 1 aromatic heterocycles. The smallest absolute Gasteiger partial charge is 0.223 e. The lowest BCUT2D eigenvalue weighted by Crippen LogP contribution is -2.34. The predicted octanol–water partition coefficient (Wildman–Crippen LogP) is 3.42. The Morgan fingerprint density at radius 2 is 1.63 bits per heavy atom. The van der Waals surface area contributed by atoms with Gasteiger partial charge in [0.15, 0.2) is 0 Å². The predicted molar refractivity (Wildman–Crippen MR) is 116 cm³/mol. The average molecular weight is 405 g/mol. The van der Waals surface area contributed by atoms with Gasteiger partial charge >= 0.3 is 0 Å². The van der Waals surface area contributed by atoms with Crippen molar-refractivity contribution in [2.75, 3.05) is 33.2 Å². The highest BCUT2D eigenvalue weighted by Gasteiger charge is 2.18. The lowest BCUT2D eigenvalue weighted by atomic mass is 10.0. The van der Waals surface area contributed by atoms with Gasteiger partial charge in [0, 0.05) is 32.5 Å². The summed E-state index contributed by atoms with van der Waals surface area (Å²) >= 11 is 0. The van der Waals surface area contributed by atoms with Gasteiger partial charge in [0.05, 0.1) is 6.42 Å². The zero-order valence-corrected chi connectivity index (χ0v) is 17.5. The van der Waals surface area contributed by atoms with Crippen molar-refractivity contribution in [1.82, 2.24) is 20.0 Å². The van der Waals surface area contributed by atoms with Gasteiger partial charge in [-0.05, 0) is 36.7 Å². The largest absolute Gasteiger partial charge is 0.425 e. The second kappa shape index (κ2) is 9.67. The fourth-order valence-electron chi connectivity index (χ4n) is 3.75. The number of hydrogen-bond acceptors (Lipinski definition) is 5. The third kappa shape index (κ3) is 5.33. The van der Waals surface area contributed by atoms with E-state index in [1.807, 2.05) is 23.1 Å². The number of likely N-dealkylation sites (N-methyl/N-ethyl adjacent to an activating group) is 1. The lowest BCUT2D eigenvalue weighted by Gasteiger charge is -2.20. The zero-order valence-electron chi connectivity index (χ0n) is 17.5. The topological polar surface area (TPSA) is 62.5 Å². The minimum absolute atomic E-state index is 0.168. The van der Waals surface area contributed by atoms with Gasteiger partial charge in [-0.3, -0.25) is 4.79 Å². The van der Waals surface area contributed by atoms with Gasteiger partial charge in [-0.15, -0.1) is 10.2 Å². The second-order valence-electron chi connectivity index (χ2n) is 7.87. The quantitative estimate of drug-likeness (QED) is 0.630. The molecule has 2 aromatic carbocycles. The lowest BCUT2D eigenvalue weighted by molar-refractivity contribution is -0.131. The van der Waals surface area contributed by atoms with Crippen LogP contribution in [0.4, 0.5) is 0 Å². The van der Waals surface area contributed by atoms with Crippen molar-refractivity contribution in [1.29, 1.82) is 0 Å². The third-order valence-corrected chi connectivity index (χ3v) is 5.55. The molecule has 1 aliphatic rings. The van der Waals surface area contributed by atoms with Crippen molar-refractivity contribution in [3.8, 4) is 11.1 Å². The highest BCUT2D eigenvalue weighted by Crippen LogP contribution is 2.20. The van der Waals surface area contributed by atoms with Gasteiger partial charge in [0.1, 0.15) is 0 Å². The average Bonchev–Trinajstić information content (AvgIpc) is 3.11. The van der Waals surface area contributed by atoms with E-state index < -0.39 is 0 Å². The molecule has 0 saturated carbocycles. The van der Waals surface area contributed by atoms with Crippen LogP contribution in [0, 0.1) is 0 Å². The number of benzene rings is 2. The maximum atomic E-state index is 12.5. The van der Waals surface area contributed by atoms with Crippen LogP contribution in [0.25, 0.3) is 11.1 Å². The maximum Gasteiger partial charge on any atom is 0.223 e. The number of carbonyl (C=O) groups excluding carboxylic acids is 1. The third-order valence-electron chi connectivity index (χ3n) is 5.55. The van der Waals surface area contributed by atoms with Gasteiger partial charge < -0.3 is 14.2 Å². The fraction of sp³-hybridized carbons (Fsp3) is 0.375. The van der Waals surface area contributed by atoms with Crippen molar-refractivity contribution in [3.05, 3.63) is 71.9 Å². The highest BCUT2D eigenvalue weighted by atomic mass is 16.4. The minimum Gasteiger partial charge on any atom is -0.425 e.